The quantitative estimate of drug-likeness (QED) is 0.905. The second-order valence-electron chi connectivity index (χ2n) is 5.63. The molecule has 6 heteroatoms. The predicted molar refractivity (Wildman–Crippen MR) is 90.5 cm³/mol. The zero-order chi connectivity index (χ0) is 15.7. The molecule has 4 nitrogen and oxygen atoms in total. The third-order valence-electron chi connectivity index (χ3n) is 3.63. The van der Waals surface area contributed by atoms with E-state index in [1.54, 1.807) is 16.2 Å². The molecule has 1 aliphatic carbocycles. The minimum Gasteiger partial charge on any atom is -0.336 e. The van der Waals surface area contributed by atoms with E-state index >= 15 is 0 Å². The standard InChI is InChI=1S/C16H18N2O2S2/c1-10-8-13(17-15(19)11-5-6-11)22-14(10)16(20)18(2)9-12-4-3-7-21-12/h3-4,7-8,11H,5-6,9H2,1-2H3,(H,17,19). The lowest BCUT2D eigenvalue weighted by molar-refractivity contribution is -0.117. The molecule has 2 heterocycles. The van der Waals surface area contributed by atoms with E-state index in [0.717, 1.165) is 28.3 Å². The van der Waals surface area contributed by atoms with Crippen molar-refractivity contribution in [3.05, 3.63) is 38.9 Å². The Labute approximate surface area is 137 Å². The average Bonchev–Trinajstić information content (AvgIpc) is 3.11. The highest BCUT2D eigenvalue weighted by molar-refractivity contribution is 7.18. The number of carbonyl (C=O) groups is 2. The highest BCUT2D eigenvalue weighted by Gasteiger charge is 2.30. The molecule has 0 aliphatic heterocycles. The van der Waals surface area contributed by atoms with Gasteiger partial charge in [0.1, 0.15) is 0 Å². The Morgan fingerprint density at radius 1 is 1.41 bits per heavy atom. The molecule has 2 aromatic heterocycles. The normalized spacial score (nSPS) is 13.9. The lowest BCUT2D eigenvalue weighted by atomic mass is 10.2. The summed E-state index contributed by atoms with van der Waals surface area (Å²) in [6.07, 6.45) is 1.96. The van der Waals surface area contributed by atoms with Crippen molar-refractivity contribution in [2.45, 2.75) is 26.3 Å². The Balaban J connectivity index is 1.68. The van der Waals surface area contributed by atoms with Crippen molar-refractivity contribution in [1.82, 2.24) is 4.90 Å². The second-order valence-corrected chi connectivity index (χ2v) is 7.71. The van der Waals surface area contributed by atoms with Crippen molar-refractivity contribution >= 4 is 39.5 Å². The number of aryl methyl sites for hydroxylation is 1. The third-order valence-corrected chi connectivity index (χ3v) is 5.63. The van der Waals surface area contributed by atoms with Gasteiger partial charge in [-0.25, -0.2) is 0 Å². The number of nitrogens with zero attached hydrogens (tertiary/aromatic N) is 1. The summed E-state index contributed by atoms with van der Waals surface area (Å²) in [6, 6.07) is 5.90. The maximum Gasteiger partial charge on any atom is 0.264 e. The predicted octanol–water partition coefficient (Wildman–Crippen LogP) is 3.74. The highest BCUT2D eigenvalue weighted by atomic mass is 32.1. The number of hydrogen-bond acceptors (Lipinski definition) is 4. The van der Waals surface area contributed by atoms with Crippen LogP contribution >= 0.6 is 22.7 Å². The fraction of sp³-hybridized carbons (Fsp3) is 0.375. The summed E-state index contributed by atoms with van der Waals surface area (Å²) in [5.41, 5.74) is 0.916. The number of nitrogens with one attached hydrogen (secondary N) is 1. The van der Waals surface area contributed by atoms with Crippen LogP contribution in [0.3, 0.4) is 0 Å². The first kappa shape index (κ1) is 15.2. The monoisotopic (exact) mass is 334 g/mol. The SMILES string of the molecule is Cc1cc(NC(=O)C2CC2)sc1C(=O)N(C)Cc1cccs1. The molecule has 0 atom stereocenters. The summed E-state index contributed by atoms with van der Waals surface area (Å²) in [5, 5.41) is 5.69. The molecule has 1 fully saturated rings. The van der Waals surface area contributed by atoms with Crippen LogP contribution in [0.2, 0.25) is 0 Å². The molecule has 22 heavy (non-hydrogen) atoms. The fourth-order valence-electron chi connectivity index (χ4n) is 2.21. The highest BCUT2D eigenvalue weighted by Crippen LogP contribution is 2.33. The van der Waals surface area contributed by atoms with Gasteiger partial charge in [0, 0.05) is 17.8 Å². The van der Waals surface area contributed by atoms with Crippen molar-refractivity contribution in [3.8, 4) is 0 Å². The average molecular weight is 334 g/mol. The Kier molecular flexibility index (Phi) is 4.31. The smallest absolute Gasteiger partial charge is 0.264 e. The van der Waals surface area contributed by atoms with Crippen LogP contribution in [0.5, 0.6) is 0 Å². The van der Waals surface area contributed by atoms with Crippen molar-refractivity contribution in [1.29, 1.82) is 0 Å². The number of amides is 2. The van der Waals surface area contributed by atoms with Crippen LogP contribution < -0.4 is 5.32 Å². The van der Waals surface area contributed by atoms with Gasteiger partial charge in [0.05, 0.1) is 16.4 Å². The van der Waals surface area contributed by atoms with E-state index < -0.39 is 0 Å². The Morgan fingerprint density at radius 2 is 2.18 bits per heavy atom. The first-order valence-corrected chi connectivity index (χ1v) is 8.93. The van der Waals surface area contributed by atoms with Crippen molar-refractivity contribution in [2.24, 2.45) is 5.92 Å². The fourth-order valence-corrected chi connectivity index (χ4v) is 4.03. The van der Waals surface area contributed by atoms with E-state index in [1.807, 2.05) is 37.6 Å². The Bertz CT molecular complexity index is 687. The summed E-state index contributed by atoms with van der Waals surface area (Å²) < 4.78 is 0. The summed E-state index contributed by atoms with van der Waals surface area (Å²) in [4.78, 5) is 28.0. The molecule has 1 aliphatic rings. The van der Waals surface area contributed by atoms with E-state index in [4.69, 9.17) is 0 Å². The van der Waals surface area contributed by atoms with E-state index in [0.29, 0.717) is 11.4 Å². The molecule has 0 spiro atoms. The minimum atomic E-state index is 0.00261. The van der Waals surface area contributed by atoms with Gasteiger partial charge in [-0.1, -0.05) is 6.07 Å². The number of carbonyl (C=O) groups excluding carboxylic acids is 2. The van der Waals surface area contributed by atoms with Crippen LogP contribution in [0.1, 0.15) is 33.0 Å². The molecule has 0 bridgehead atoms. The number of hydrogen-bond donors (Lipinski definition) is 1. The van der Waals surface area contributed by atoms with Gasteiger partial charge in [0.25, 0.3) is 5.91 Å². The molecule has 0 saturated heterocycles. The van der Waals surface area contributed by atoms with Crippen molar-refractivity contribution in [3.63, 3.8) is 0 Å². The van der Waals surface area contributed by atoms with E-state index in [1.165, 1.54) is 11.3 Å². The van der Waals surface area contributed by atoms with Gasteiger partial charge < -0.3 is 10.2 Å². The van der Waals surface area contributed by atoms with Gasteiger partial charge in [0.2, 0.25) is 5.91 Å². The molecular formula is C16H18N2O2S2. The van der Waals surface area contributed by atoms with Crippen molar-refractivity contribution in [2.75, 3.05) is 12.4 Å². The molecule has 3 rings (SSSR count). The molecular weight excluding hydrogens is 316 g/mol. The molecule has 116 valence electrons. The summed E-state index contributed by atoms with van der Waals surface area (Å²) >= 11 is 3.01. The van der Waals surface area contributed by atoms with Gasteiger partial charge in [-0.2, -0.15) is 0 Å². The zero-order valence-electron chi connectivity index (χ0n) is 12.6. The van der Waals surface area contributed by atoms with E-state index in [9.17, 15) is 9.59 Å². The summed E-state index contributed by atoms with van der Waals surface area (Å²) in [5.74, 6) is 0.248. The molecule has 0 unspecified atom stereocenters. The van der Waals surface area contributed by atoms with Crippen LogP contribution in [0, 0.1) is 12.8 Å². The van der Waals surface area contributed by atoms with E-state index in [-0.39, 0.29) is 17.7 Å². The zero-order valence-corrected chi connectivity index (χ0v) is 14.2. The summed E-state index contributed by atoms with van der Waals surface area (Å²) in [6.45, 7) is 2.52. The summed E-state index contributed by atoms with van der Waals surface area (Å²) in [7, 11) is 1.81. The van der Waals surface area contributed by atoms with Gasteiger partial charge in [0.15, 0.2) is 0 Å². The maximum absolute atomic E-state index is 12.6. The number of anilines is 1. The number of thiophene rings is 2. The lowest BCUT2D eigenvalue weighted by Crippen LogP contribution is -2.25. The minimum absolute atomic E-state index is 0.00261. The maximum atomic E-state index is 12.6. The lowest BCUT2D eigenvalue weighted by Gasteiger charge is -2.15. The topological polar surface area (TPSA) is 49.4 Å². The molecule has 2 aromatic rings. The van der Waals surface area contributed by atoms with Crippen LogP contribution in [0.25, 0.3) is 0 Å². The van der Waals surface area contributed by atoms with Gasteiger partial charge in [-0.15, -0.1) is 22.7 Å². The van der Waals surface area contributed by atoms with Crippen LogP contribution in [-0.4, -0.2) is 23.8 Å². The number of rotatable bonds is 5. The van der Waals surface area contributed by atoms with Crippen molar-refractivity contribution < 1.29 is 9.59 Å². The van der Waals surface area contributed by atoms with Crippen LogP contribution in [0.15, 0.2) is 23.6 Å². The molecule has 1 saturated carbocycles. The molecule has 0 aromatic carbocycles. The van der Waals surface area contributed by atoms with Crippen LogP contribution in [-0.2, 0) is 11.3 Å². The third kappa shape index (κ3) is 3.39. The van der Waals surface area contributed by atoms with Gasteiger partial charge in [-0.3, -0.25) is 9.59 Å². The molecule has 2 amide bonds. The van der Waals surface area contributed by atoms with E-state index in [2.05, 4.69) is 5.32 Å². The Morgan fingerprint density at radius 3 is 2.82 bits per heavy atom. The molecule has 0 radical (unpaired) electrons. The largest absolute Gasteiger partial charge is 0.336 e. The first-order chi connectivity index (χ1) is 10.5. The molecule has 1 N–H and O–H groups in total. The van der Waals surface area contributed by atoms with Gasteiger partial charge in [-0.05, 0) is 42.8 Å². The first-order valence-electron chi connectivity index (χ1n) is 7.23. The Hall–Kier alpha value is -1.66. The van der Waals surface area contributed by atoms with Gasteiger partial charge >= 0.3 is 0 Å². The van der Waals surface area contributed by atoms with Crippen LogP contribution in [0.4, 0.5) is 5.00 Å². The second kappa shape index (κ2) is 6.22.